The number of fused-ring (bicyclic) bond motifs is 1. The minimum absolute atomic E-state index is 0.347. The van der Waals surface area contributed by atoms with Crippen LogP contribution in [0.1, 0.15) is 29.9 Å². The monoisotopic (exact) mass is 357 g/mol. The van der Waals surface area contributed by atoms with Crippen LogP contribution in [0.15, 0.2) is 24.3 Å². The van der Waals surface area contributed by atoms with E-state index in [0.29, 0.717) is 18.2 Å². The summed E-state index contributed by atoms with van der Waals surface area (Å²) in [6.07, 6.45) is 2.94. The number of rotatable bonds is 5. The van der Waals surface area contributed by atoms with Crippen molar-refractivity contribution >= 4 is 5.91 Å². The summed E-state index contributed by atoms with van der Waals surface area (Å²) in [6.45, 7) is 9.87. The minimum Gasteiger partial charge on any atom is -0.379 e. The quantitative estimate of drug-likeness (QED) is 0.802. The maximum absolute atomic E-state index is 12.8. The number of amides is 1. The lowest BCUT2D eigenvalue weighted by atomic mass is 9.97. The van der Waals surface area contributed by atoms with Crippen LogP contribution in [0.3, 0.4) is 0 Å². The summed E-state index contributed by atoms with van der Waals surface area (Å²) in [4.78, 5) is 19.8. The molecule has 0 saturated carbocycles. The third-order valence-corrected chi connectivity index (χ3v) is 6.24. The molecule has 5 heteroatoms. The normalized spacial score (nSPS) is 24.6. The number of piperazine rings is 1. The lowest BCUT2D eigenvalue weighted by Gasteiger charge is -2.36. The molecule has 2 saturated heterocycles. The van der Waals surface area contributed by atoms with Crippen molar-refractivity contribution in [3.8, 4) is 0 Å². The third kappa shape index (κ3) is 4.27. The molecular formula is C21H31N3O2. The SMILES string of the molecule is O=C(C[C@H]1CCc2ccccc21)N1CCN(CCN2CCOCC2)CC1. The molecule has 26 heavy (non-hydrogen) atoms. The Morgan fingerprint density at radius 2 is 1.65 bits per heavy atom. The molecule has 5 nitrogen and oxygen atoms in total. The molecule has 142 valence electrons. The van der Waals surface area contributed by atoms with Crippen molar-refractivity contribution in [1.82, 2.24) is 14.7 Å². The van der Waals surface area contributed by atoms with Crippen molar-refractivity contribution in [2.24, 2.45) is 0 Å². The van der Waals surface area contributed by atoms with E-state index < -0.39 is 0 Å². The van der Waals surface area contributed by atoms with Gasteiger partial charge in [0, 0.05) is 58.8 Å². The van der Waals surface area contributed by atoms with Crippen LogP contribution < -0.4 is 0 Å². The van der Waals surface area contributed by atoms with Gasteiger partial charge >= 0.3 is 0 Å². The first-order valence-electron chi connectivity index (χ1n) is 10.2. The van der Waals surface area contributed by atoms with Crippen molar-refractivity contribution in [3.63, 3.8) is 0 Å². The second-order valence-corrected chi connectivity index (χ2v) is 7.81. The Bertz CT molecular complexity index is 607. The Morgan fingerprint density at radius 3 is 2.42 bits per heavy atom. The summed E-state index contributed by atoms with van der Waals surface area (Å²) in [7, 11) is 0. The zero-order valence-corrected chi connectivity index (χ0v) is 15.7. The van der Waals surface area contributed by atoms with Crippen molar-refractivity contribution in [2.45, 2.75) is 25.2 Å². The molecule has 1 aromatic rings. The molecule has 2 aliphatic heterocycles. The maximum atomic E-state index is 12.8. The predicted molar refractivity (Wildman–Crippen MR) is 102 cm³/mol. The molecule has 4 rings (SSSR count). The van der Waals surface area contributed by atoms with Gasteiger partial charge in [-0.25, -0.2) is 0 Å². The maximum Gasteiger partial charge on any atom is 0.223 e. The van der Waals surface area contributed by atoms with Crippen molar-refractivity contribution in [3.05, 3.63) is 35.4 Å². The average Bonchev–Trinajstić information content (AvgIpc) is 3.10. The number of carbonyl (C=O) groups excluding carboxylic acids is 1. The van der Waals surface area contributed by atoms with Crippen LogP contribution >= 0.6 is 0 Å². The van der Waals surface area contributed by atoms with Gasteiger partial charge in [0.25, 0.3) is 0 Å². The molecule has 1 amide bonds. The molecule has 0 N–H and O–H groups in total. The Kier molecular flexibility index (Phi) is 5.88. The lowest BCUT2D eigenvalue weighted by molar-refractivity contribution is -0.133. The summed E-state index contributed by atoms with van der Waals surface area (Å²) in [5, 5.41) is 0. The molecule has 2 fully saturated rings. The number of nitrogens with zero attached hydrogens (tertiary/aromatic N) is 3. The van der Waals surface area contributed by atoms with Gasteiger partial charge in [0.15, 0.2) is 0 Å². The van der Waals surface area contributed by atoms with Crippen LogP contribution in [0, 0.1) is 0 Å². The summed E-state index contributed by atoms with van der Waals surface area (Å²) < 4.78 is 5.41. The van der Waals surface area contributed by atoms with Crippen molar-refractivity contribution < 1.29 is 9.53 Å². The topological polar surface area (TPSA) is 36.0 Å². The number of aryl methyl sites for hydroxylation is 1. The van der Waals surface area contributed by atoms with Gasteiger partial charge in [-0.2, -0.15) is 0 Å². The standard InChI is InChI=1S/C21H31N3O2/c25-21(17-19-6-5-18-3-1-2-4-20(18)19)24-11-9-22(10-12-24)7-8-23-13-15-26-16-14-23/h1-4,19H,5-17H2/t19-/m1/s1. The Hall–Kier alpha value is -1.43. The van der Waals surface area contributed by atoms with E-state index in [0.717, 1.165) is 78.4 Å². The van der Waals surface area contributed by atoms with Crippen molar-refractivity contribution in [2.75, 3.05) is 65.6 Å². The van der Waals surface area contributed by atoms with Crippen LogP contribution in [-0.4, -0.2) is 86.2 Å². The fraction of sp³-hybridized carbons (Fsp3) is 0.667. The number of benzene rings is 1. The van der Waals surface area contributed by atoms with Gasteiger partial charge in [0.05, 0.1) is 13.2 Å². The van der Waals surface area contributed by atoms with E-state index in [-0.39, 0.29) is 0 Å². The van der Waals surface area contributed by atoms with Gasteiger partial charge in [0.1, 0.15) is 0 Å². The second kappa shape index (κ2) is 8.51. The molecule has 1 aromatic carbocycles. The average molecular weight is 357 g/mol. The summed E-state index contributed by atoms with van der Waals surface area (Å²) in [5.41, 5.74) is 2.85. The van der Waals surface area contributed by atoms with Gasteiger partial charge in [-0.15, -0.1) is 0 Å². The van der Waals surface area contributed by atoms with Crippen LogP contribution in [-0.2, 0) is 16.0 Å². The van der Waals surface area contributed by atoms with Gasteiger partial charge in [-0.1, -0.05) is 24.3 Å². The van der Waals surface area contributed by atoms with Gasteiger partial charge in [-0.3, -0.25) is 14.6 Å². The minimum atomic E-state index is 0.347. The highest BCUT2D eigenvalue weighted by Crippen LogP contribution is 2.35. The summed E-state index contributed by atoms with van der Waals surface area (Å²) >= 11 is 0. The van der Waals surface area contributed by atoms with Gasteiger partial charge in [-0.05, 0) is 29.9 Å². The molecular weight excluding hydrogens is 326 g/mol. The van der Waals surface area contributed by atoms with E-state index >= 15 is 0 Å². The predicted octanol–water partition coefficient (Wildman–Crippen LogP) is 1.58. The van der Waals surface area contributed by atoms with E-state index in [1.54, 1.807) is 0 Å². The molecule has 3 aliphatic rings. The van der Waals surface area contributed by atoms with E-state index in [1.807, 2.05) is 0 Å². The van der Waals surface area contributed by atoms with Crippen LogP contribution in [0.5, 0.6) is 0 Å². The van der Waals surface area contributed by atoms with E-state index in [9.17, 15) is 4.79 Å². The third-order valence-electron chi connectivity index (χ3n) is 6.24. The van der Waals surface area contributed by atoms with Crippen LogP contribution in [0.25, 0.3) is 0 Å². The first-order chi connectivity index (χ1) is 12.8. The molecule has 1 aliphatic carbocycles. The number of morpholine rings is 1. The molecule has 0 bridgehead atoms. The molecule has 0 unspecified atom stereocenters. The lowest BCUT2D eigenvalue weighted by Crippen LogP contribution is -2.51. The number of ether oxygens (including phenoxy) is 1. The first kappa shape index (κ1) is 18.0. The summed E-state index contributed by atoms with van der Waals surface area (Å²) in [6, 6.07) is 8.64. The highest BCUT2D eigenvalue weighted by atomic mass is 16.5. The number of hydrogen-bond donors (Lipinski definition) is 0. The Labute approximate surface area is 156 Å². The number of carbonyl (C=O) groups is 1. The van der Waals surface area contributed by atoms with E-state index in [2.05, 4.69) is 39.0 Å². The Morgan fingerprint density at radius 1 is 0.962 bits per heavy atom. The van der Waals surface area contributed by atoms with Crippen LogP contribution in [0.4, 0.5) is 0 Å². The highest BCUT2D eigenvalue weighted by molar-refractivity contribution is 5.77. The molecule has 2 heterocycles. The molecule has 0 radical (unpaired) electrons. The van der Waals surface area contributed by atoms with Gasteiger partial charge < -0.3 is 9.64 Å². The zero-order valence-electron chi connectivity index (χ0n) is 15.7. The largest absolute Gasteiger partial charge is 0.379 e. The zero-order chi connectivity index (χ0) is 17.8. The first-order valence-corrected chi connectivity index (χ1v) is 10.2. The van der Waals surface area contributed by atoms with Crippen molar-refractivity contribution in [1.29, 1.82) is 0 Å². The highest BCUT2D eigenvalue weighted by Gasteiger charge is 2.28. The smallest absolute Gasteiger partial charge is 0.223 e. The van der Waals surface area contributed by atoms with Gasteiger partial charge in [0.2, 0.25) is 5.91 Å². The Balaban J connectivity index is 1.20. The summed E-state index contributed by atoms with van der Waals surface area (Å²) in [5.74, 6) is 0.776. The van der Waals surface area contributed by atoms with Crippen LogP contribution in [0.2, 0.25) is 0 Å². The van der Waals surface area contributed by atoms with E-state index in [1.165, 1.54) is 11.1 Å². The fourth-order valence-electron chi connectivity index (χ4n) is 4.53. The second-order valence-electron chi connectivity index (χ2n) is 7.81. The molecule has 0 aromatic heterocycles. The number of hydrogen-bond acceptors (Lipinski definition) is 4. The fourth-order valence-corrected chi connectivity index (χ4v) is 4.53. The molecule has 1 atom stereocenters. The molecule has 0 spiro atoms. The van der Waals surface area contributed by atoms with E-state index in [4.69, 9.17) is 4.74 Å².